The zero-order valence-corrected chi connectivity index (χ0v) is 13.0. The number of likely N-dealkylation sites (N-methyl/N-ethyl adjacent to an activating group) is 1. The molecule has 0 bridgehead atoms. The maximum Gasteiger partial charge on any atom is 0.323 e. The van der Waals surface area contributed by atoms with E-state index in [9.17, 15) is 9.59 Å². The van der Waals surface area contributed by atoms with E-state index in [0.717, 1.165) is 6.54 Å². The number of hydrogen-bond donors (Lipinski definition) is 1. The number of hydrogen-bond acceptors (Lipinski definition) is 3. The van der Waals surface area contributed by atoms with Crippen molar-refractivity contribution in [2.45, 2.75) is 13.8 Å². The first-order chi connectivity index (χ1) is 9.27. The molecule has 0 spiro atoms. The first-order valence-corrected chi connectivity index (χ1v) is 6.79. The second-order valence-electron chi connectivity index (χ2n) is 5.49. The molecule has 0 atom stereocenters. The predicted molar refractivity (Wildman–Crippen MR) is 79.8 cm³/mol. The Morgan fingerprint density at radius 1 is 1.20 bits per heavy atom. The van der Waals surface area contributed by atoms with Crippen molar-refractivity contribution in [1.82, 2.24) is 14.7 Å². The lowest BCUT2D eigenvalue weighted by molar-refractivity contribution is -0.137. The van der Waals surface area contributed by atoms with Crippen molar-refractivity contribution in [3.05, 3.63) is 12.7 Å². The number of carbonyl (C=O) groups excluding carboxylic acids is 1. The third kappa shape index (κ3) is 7.78. The van der Waals surface area contributed by atoms with Gasteiger partial charge in [0.2, 0.25) is 0 Å². The van der Waals surface area contributed by atoms with Crippen LogP contribution in [0.5, 0.6) is 0 Å². The molecule has 0 rings (SSSR count). The highest BCUT2D eigenvalue weighted by Gasteiger charge is 2.22. The number of carboxylic acids is 1. The Bertz CT molecular complexity index is 330. The Balaban J connectivity index is 4.84. The molecular weight excluding hydrogens is 258 g/mol. The Kier molecular flexibility index (Phi) is 8.63. The Morgan fingerprint density at radius 2 is 1.80 bits per heavy atom. The molecule has 0 aliphatic rings. The minimum atomic E-state index is -1.02. The minimum absolute atomic E-state index is 0.238. The van der Waals surface area contributed by atoms with Gasteiger partial charge in [-0.15, -0.1) is 6.58 Å². The molecule has 0 aromatic rings. The molecule has 0 unspecified atom stereocenters. The number of urea groups is 1. The van der Waals surface area contributed by atoms with Crippen LogP contribution in [0.25, 0.3) is 0 Å². The molecule has 0 saturated heterocycles. The van der Waals surface area contributed by atoms with Crippen LogP contribution in [0.3, 0.4) is 0 Å². The molecule has 0 heterocycles. The maximum absolute atomic E-state index is 12.4. The Labute approximate surface area is 121 Å². The number of rotatable bonds is 9. The lowest BCUT2D eigenvalue weighted by Crippen LogP contribution is -2.48. The lowest BCUT2D eigenvalue weighted by atomic mass is 10.2. The summed E-state index contributed by atoms with van der Waals surface area (Å²) in [4.78, 5) is 28.3. The summed E-state index contributed by atoms with van der Waals surface area (Å²) in [5, 5.41) is 8.89. The highest BCUT2D eigenvalue weighted by molar-refractivity contribution is 5.80. The van der Waals surface area contributed by atoms with E-state index in [4.69, 9.17) is 5.11 Å². The molecule has 20 heavy (non-hydrogen) atoms. The SMILES string of the molecule is C=CCN(CC(=O)O)C(=O)N(CCN(C)C)CC(C)C. The van der Waals surface area contributed by atoms with Crippen LogP contribution < -0.4 is 0 Å². The average Bonchev–Trinajstić information content (AvgIpc) is 2.32. The summed E-state index contributed by atoms with van der Waals surface area (Å²) in [6.45, 7) is 9.51. The normalized spacial score (nSPS) is 10.7. The summed E-state index contributed by atoms with van der Waals surface area (Å²) in [7, 11) is 3.88. The largest absolute Gasteiger partial charge is 0.480 e. The minimum Gasteiger partial charge on any atom is -0.480 e. The molecule has 1 N–H and O–H groups in total. The quantitative estimate of drug-likeness (QED) is 0.647. The van der Waals surface area contributed by atoms with Gasteiger partial charge >= 0.3 is 12.0 Å². The molecule has 0 aromatic carbocycles. The first-order valence-electron chi connectivity index (χ1n) is 6.79. The van der Waals surface area contributed by atoms with Gasteiger partial charge < -0.3 is 19.8 Å². The van der Waals surface area contributed by atoms with E-state index < -0.39 is 5.97 Å². The zero-order valence-electron chi connectivity index (χ0n) is 13.0. The van der Waals surface area contributed by atoms with Crippen molar-refractivity contribution < 1.29 is 14.7 Å². The van der Waals surface area contributed by atoms with Crippen LogP contribution in [0, 0.1) is 5.92 Å². The zero-order chi connectivity index (χ0) is 15.7. The lowest BCUT2D eigenvalue weighted by Gasteiger charge is -2.31. The smallest absolute Gasteiger partial charge is 0.323 e. The fraction of sp³-hybridized carbons (Fsp3) is 0.714. The van der Waals surface area contributed by atoms with Crippen LogP contribution in [0.1, 0.15) is 13.8 Å². The van der Waals surface area contributed by atoms with Gasteiger partial charge in [0.25, 0.3) is 0 Å². The molecule has 6 heteroatoms. The number of amides is 2. The van der Waals surface area contributed by atoms with E-state index >= 15 is 0 Å². The van der Waals surface area contributed by atoms with Crippen LogP contribution in [0.15, 0.2) is 12.7 Å². The van der Waals surface area contributed by atoms with Crippen LogP contribution in [-0.2, 0) is 4.79 Å². The van der Waals surface area contributed by atoms with Crippen molar-refractivity contribution in [1.29, 1.82) is 0 Å². The monoisotopic (exact) mass is 285 g/mol. The van der Waals surface area contributed by atoms with Gasteiger partial charge in [0.15, 0.2) is 0 Å². The molecular formula is C14H27N3O3. The summed E-state index contributed by atoms with van der Waals surface area (Å²) in [5.41, 5.74) is 0. The number of nitrogens with zero attached hydrogens (tertiary/aromatic N) is 3. The van der Waals surface area contributed by atoms with Crippen LogP contribution in [-0.4, -0.2) is 78.6 Å². The highest BCUT2D eigenvalue weighted by Crippen LogP contribution is 2.05. The number of aliphatic carboxylic acids is 1. The third-order valence-corrected chi connectivity index (χ3v) is 2.62. The van der Waals surface area contributed by atoms with Gasteiger partial charge in [0, 0.05) is 26.2 Å². The van der Waals surface area contributed by atoms with E-state index in [1.807, 2.05) is 32.8 Å². The fourth-order valence-electron chi connectivity index (χ4n) is 1.76. The maximum atomic E-state index is 12.4. The Hall–Kier alpha value is -1.56. The predicted octanol–water partition coefficient (Wildman–Crippen LogP) is 1.20. The van der Waals surface area contributed by atoms with Crippen LogP contribution in [0.4, 0.5) is 4.79 Å². The van der Waals surface area contributed by atoms with Crippen molar-refractivity contribution in [3.8, 4) is 0 Å². The molecule has 0 fully saturated rings. The topological polar surface area (TPSA) is 64.1 Å². The van der Waals surface area contributed by atoms with E-state index in [0.29, 0.717) is 19.0 Å². The van der Waals surface area contributed by atoms with E-state index in [1.54, 1.807) is 11.0 Å². The van der Waals surface area contributed by atoms with Gasteiger partial charge in [-0.25, -0.2) is 4.79 Å². The molecule has 6 nitrogen and oxygen atoms in total. The molecule has 0 radical (unpaired) electrons. The second-order valence-corrected chi connectivity index (χ2v) is 5.49. The van der Waals surface area contributed by atoms with Crippen LogP contribution >= 0.6 is 0 Å². The fourth-order valence-corrected chi connectivity index (χ4v) is 1.76. The summed E-state index contributed by atoms with van der Waals surface area (Å²) in [6, 6.07) is -0.247. The van der Waals surface area contributed by atoms with Crippen molar-refractivity contribution >= 4 is 12.0 Å². The van der Waals surface area contributed by atoms with E-state index in [2.05, 4.69) is 6.58 Å². The molecule has 0 saturated carbocycles. The van der Waals surface area contributed by atoms with Gasteiger partial charge in [-0.3, -0.25) is 4.79 Å². The first kappa shape index (κ1) is 18.4. The van der Waals surface area contributed by atoms with E-state index in [1.165, 1.54) is 4.90 Å². The summed E-state index contributed by atoms with van der Waals surface area (Å²) >= 11 is 0. The second kappa shape index (κ2) is 9.36. The number of carboxylic acid groups (broad SMARTS) is 1. The summed E-state index contributed by atoms with van der Waals surface area (Å²) < 4.78 is 0. The Morgan fingerprint density at radius 3 is 2.20 bits per heavy atom. The number of carbonyl (C=O) groups is 2. The highest BCUT2D eigenvalue weighted by atomic mass is 16.4. The van der Waals surface area contributed by atoms with Gasteiger partial charge in [-0.05, 0) is 20.0 Å². The standard InChI is InChI=1S/C14H27N3O3/c1-6-7-16(11-13(18)19)14(20)17(10-12(2)3)9-8-15(4)5/h6,12H,1,7-11H2,2-5H3,(H,18,19). The average molecular weight is 285 g/mol. The van der Waals surface area contributed by atoms with Crippen LogP contribution in [0.2, 0.25) is 0 Å². The molecule has 0 aliphatic carbocycles. The summed E-state index contributed by atoms with van der Waals surface area (Å²) in [6.07, 6.45) is 1.54. The molecule has 0 aromatic heterocycles. The van der Waals surface area contributed by atoms with Gasteiger partial charge in [0.05, 0.1) is 0 Å². The van der Waals surface area contributed by atoms with Gasteiger partial charge in [-0.1, -0.05) is 19.9 Å². The molecule has 2 amide bonds. The van der Waals surface area contributed by atoms with Crippen molar-refractivity contribution in [2.75, 3.05) is 46.8 Å². The molecule has 0 aliphatic heterocycles. The van der Waals surface area contributed by atoms with Gasteiger partial charge in [0.1, 0.15) is 6.54 Å². The third-order valence-electron chi connectivity index (χ3n) is 2.62. The van der Waals surface area contributed by atoms with Crippen molar-refractivity contribution in [2.24, 2.45) is 5.92 Å². The van der Waals surface area contributed by atoms with Gasteiger partial charge in [-0.2, -0.15) is 0 Å². The van der Waals surface area contributed by atoms with Crippen molar-refractivity contribution in [3.63, 3.8) is 0 Å². The summed E-state index contributed by atoms with van der Waals surface area (Å²) in [5.74, 6) is -0.686. The van der Waals surface area contributed by atoms with E-state index in [-0.39, 0.29) is 19.1 Å². The molecule has 116 valence electrons.